The number of imidazole rings is 1. The lowest BCUT2D eigenvalue weighted by molar-refractivity contribution is -0.121. The van der Waals surface area contributed by atoms with Gasteiger partial charge >= 0.3 is 0 Å². The highest BCUT2D eigenvalue weighted by Crippen LogP contribution is 2.19. The second-order valence-corrected chi connectivity index (χ2v) is 5.35. The van der Waals surface area contributed by atoms with Gasteiger partial charge in [-0.15, -0.1) is 0 Å². The van der Waals surface area contributed by atoms with Gasteiger partial charge in [0.05, 0.1) is 12.0 Å². The Labute approximate surface area is 107 Å². The molecule has 18 heavy (non-hydrogen) atoms. The molecule has 2 saturated carbocycles. The zero-order valence-corrected chi connectivity index (χ0v) is 10.6. The first-order valence-electron chi connectivity index (χ1n) is 6.83. The maximum absolute atomic E-state index is 11.5. The molecule has 2 aliphatic rings. The fourth-order valence-corrected chi connectivity index (χ4v) is 1.91. The summed E-state index contributed by atoms with van der Waals surface area (Å²) in [5, 5.41) is 6.42. The fraction of sp³-hybridized carbons (Fsp3) is 0.692. The van der Waals surface area contributed by atoms with Crippen molar-refractivity contribution in [1.82, 2.24) is 20.2 Å². The van der Waals surface area contributed by atoms with Crippen molar-refractivity contribution in [2.24, 2.45) is 0 Å². The molecule has 1 heterocycles. The van der Waals surface area contributed by atoms with E-state index in [4.69, 9.17) is 0 Å². The predicted octanol–water partition coefficient (Wildman–Crippen LogP) is 0.804. The number of hydrogen-bond acceptors (Lipinski definition) is 3. The van der Waals surface area contributed by atoms with E-state index < -0.39 is 0 Å². The first-order chi connectivity index (χ1) is 8.79. The summed E-state index contributed by atoms with van der Waals surface area (Å²) in [5.74, 6) is 0.156. The van der Waals surface area contributed by atoms with E-state index in [9.17, 15) is 4.79 Å². The van der Waals surface area contributed by atoms with Crippen LogP contribution in [0.3, 0.4) is 0 Å². The summed E-state index contributed by atoms with van der Waals surface area (Å²) in [6.07, 6.45) is 9.27. The van der Waals surface area contributed by atoms with E-state index in [1.54, 1.807) is 0 Å². The van der Waals surface area contributed by atoms with Crippen molar-refractivity contribution in [2.45, 2.75) is 57.3 Å². The van der Waals surface area contributed by atoms with Crippen LogP contribution < -0.4 is 10.6 Å². The molecule has 2 fully saturated rings. The Kier molecular flexibility index (Phi) is 3.32. The van der Waals surface area contributed by atoms with E-state index in [0.717, 1.165) is 31.6 Å². The maximum atomic E-state index is 11.5. The van der Waals surface area contributed by atoms with E-state index in [2.05, 4.69) is 15.6 Å². The Morgan fingerprint density at radius 3 is 2.83 bits per heavy atom. The summed E-state index contributed by atoms with van der Waals surface area (Å²) in [6, 6.07) is 1.16. The lowest BCUT2D eigenvalue weighted by Gasteiger charge is -2.03. The second kappa shape index (κ2) is 5.10. The first-order valence-corrected chi connectivity index (χ1v) is 6.83. The number of rotatable bonds is 7. The van der Waals surface area contributed by atoms with Crippen molar-refractivity contribution in [3.05, 3.63) is 18.2 Å². The van der Waals surface area contributed by atoms with Crippen molar-refractivity contribution in [2.75, 3.05) is 0 Å². The SMILES string of the molecule is O=C(CCn1cnc(CNC2CC2)c1)NC1CC1. The monoisotopic (exact) mass is 248 g/mol. The predicted molar refractivity (Wildman–Crippen MR) is 67.9 cm³/mol. The summed E-state index contributed by atoms with van der Waals surface area (Å²) < 4.78 is 2.00. The molecule has 1 amide bonds. The Hall–Kier alpha value is -1.36. The molecule has 2 N–H and O–H groups in total. The number of nitrogens with zero attached hydrogens (tertiary/aromatic N) is 2. The molecule has 0 radical (unpaired) electrons. The number of amides is 1. The third-order valence-corrected chi connectivity index (χ3v) is 3.38. The quantitative estimate of drug-likeness (QED) is 0.750. The van der Waals surface area contributed by atoms with E-state index in [0.29, 0.717) is 18.5 Å². The fourth-order valence-electron chi connectivity index (χ4n) is 1.91. The van der Waals surface area contributed by atoms with Crippen molar-refractivity contribution in [3.8, 4) is 0 Å². The molecule has 98 valence electrons. The largest absolute Gasteiger partial charge is 0.353 e. The third-order valence-electron chi connectivity index (χ3n) is 3.38. The van der Waals surface area contributed by atoms with Crippen LogP contribution in [0.2, 0.25) is 0 Å². The molecule has 0 aliphatic heterocycles. The molecule has 0 saturated heterocycles. The minimum absolute atomic E-state index is 0.156. The molecular formula is C13H20N4O. The molecule has 1 aromatic rings. The summed E-state index contributed by atoms with van der Waals surface area (Å²) >= 11 is 0. The summed E-state index contributed by atoms with van der Waals surface area (Å²) in [7, 11) is 0. The molecule has 5 nitrogen and oxygen atoms in total. The van der Waals surface area contributed by atoms with Gasteiger partial charge < -0.3 is 15.2 Å². The number of aryl methyl sites for hydroxylation is 1. The first kappa shape index (κ1) is 11.7. The lowest BCUT2D eigenvalue weighted by atomic mass is 10.4. The van der Waals surface area contributed by atoms with Crippen molar-refractivity contribution >= 4 is 5.91 Å². The number of nitrogens with one attached hydrogen (secondary N) is 2. The number of hydrogen-bond donors (Lipinski definition) is 2. The number of carbonyl (C=O) groups is 1. The van der Waals surface area contributed by atoms with Gasteiger partial charge in [-0.25, -0.2) is 4.98 Å². The van der Waals surface area contributed by atoms with E-state index in [-0.39, 0.29) is 5.91 Å². The van der Waals surface area contributed by atoms with Crippen LogP contribution in [-0.4, -0.2) is 27.5 Å². The zero-order chi connectivity index (χ0) is 12.4. The Balaban J connectivity index is 1.39. The van der Waals surface area contributed by atoms with E-state index >= 15 is 0 Å². The van der Waals surface area contributed by atoms with Gasteiger partial charge in [0.25, 0.3) is 0 Å². The van der Waals surface area contributed by atoms with Crippen LogP contribution in [0.15, 0.2) is 12.5 Å². The summed E-state index contributed by atoms with van der Waals surface area (Å²) in [4.78, 5) is 15.9. The van der Waals surface area contributed by atoms with Gasteiger partial charge in [0.1, 0.15) is 0 Å². The van der Waals surface area contributed by atoms with Gasteiger partial charge in [0.2, 0.25) is 5.91 Å². The molecule has 1 aromatic heterocycles. The van der Waals surface area contributed by atoms with Crippen LogP contribution in [0.4, 0.5) is 0 Å². The average molecular weight is 248 g/mol. The standard InChI is InChI=1S/C13H20N4O/c18-13(16-11-3-4-11)5-6-17-8-12(15-9-17)7-14-10-1-2-10/h8-11,14H,1-7H2,(H,16,18). The highest BCUT2D eigenvalue weighted by atomic mass is 16.1. The molecule has 3 rings (SSSR count). The van der Waals surface area contributed by atoms with Crippen LogP contribution in [0, 0.1) is 0 Å². The lowest BCUT2D eigenvalue weighted by Crippen LogP contribution is -2.26. The normalized spacial score (nSPS) is 18.9. The average Bonchev–Trinajstić information content (AvgIpc) is 3.27. The Morgan fingerprint density at radius 1 is 1.33 bits per heavy atom. The topological polar surface area (TPSA) is 59.0 Å². The molecular weight excluding hydrogens is 228 g/mol. The van der Waals surface area contributed by atoms with Gasteiger partial charge in [0, 0.05) is 37.8 Å². The zero-order valence-electron chi connectivity index (χ0n) is 10.6. The van der Waals surface area contributed by atoms with Crippen molar-refractivity contribution in [3.63, 3.8) is 0 Å². The summed E-state index contributed by atoms with van der Waals surface area (Å²) in [5.41, 5.74) is 1.06. The van der Waals surface area contributed by atoms with Crippen molar-refractivity contribution in [1.29, 1.82) is 0 Å². The minimum Gasteiger partial charge on any atom is -0.353 e. The van der Waals surface area contributed by atoms with Crippen LogP contribution in [0.5, 0.6) is 0 Å². The molecule has 0 spiro atoms. The van der Waals surface area contributed by atoms with Crippen LogP contribution in [0.1, 0.15) is 37.8 Å². The van der Waals surface area contributed by atoms with Crippen LogP contribution in [-0.2, 0) is 17.9 Å². The van der Waals surface area contributed by atoms with Gasteiger partial charge in [0.15, 0.2) is 0 Å². The van der Waals surface area contributed by atoms with Gasteiger partial charge in [-0.05, 0) is 25.7 Å². The number of carbonyl (C=O) groups excluding carboxylic acids is 1. The van der Waals surface area contributed by atoms with Crippen LogP contribution in [0.25, 0.3) is 0 Å². The minimum atomic E-state index is 0.156. The second-order valence-electron chi connectivity index (χ2n) is 5.35. The van der Waals surface area contributed by atoms with Gasteiger partial charge in [-0.2, -0.15) is 0 Å². The smallest absolute Gasteiger partial charge is 0.222 e. The molecule has 0 atom stereocenters. The van der Waals surface area contributed by atoms with Gasteiger partial charge in [-0.1, -0.05) is 0 Å². The Morgan fingerprint density at radius 2 is 2.11 bits per heavy atom. The molecule has 0 aromatic carbocycles. The molecule has 0 unspecified atom stereocenters. The number of aromatic nitrogens is 2. The third kappa shape index (κ3) is 3.57. The van der Waals surface area contributed by atoms with E-state index in [1.807, 2.05) is 17.1 Å². The van der Waals surface area contributed by atoms with E-state index in [1.165, 1.54) is 12.8 Å². The maximum Gasteiger partial charge on any atom is 0.222 e. The molecule has 0 bridgehead atoms. The molecule has 2 aliphatic carbocycles. The van der Waals surface area contributed by atoms with Crippen molar-refractivity contribution < 1.29 is 4.79 Å². The molecule has 5 heteroatoms. The van der Waals surface area contributed by atoms with Crippen LogP contribution >= 0.6 is 0 Å². The highest BCUT2D eigenvalue weighted by molar-refractivity contribution is 5.76. The summed E-state index contributed by atoms with van der Waals surface area (Å²) in [6.45, 7) is 1.56. The van der Waals surface area contributed by atoms with Gasteiger partial charge in [-0.3, -0.25) is 4.79 Å². The Bertz CT molecular complexity index is 420. The highest BCUT2D eigenvalue weighted by Gasteiger charge is 2.23.